The summed E-state index contributed by atoms with van der Waals surface area (Å²) in [6, 6.07) is 0.0691. The van der Waals surface area contributed by atoms with Gasteiger partial charge in [-0.2, -0.15) is 0 Å². The Morgan fingerprint density at radius 2 is 2.45 bits per heavy atom. The fourth-order valence-corrected chi connectivity index (χ4v) is 3.44. The summed E-state index contributed by atoms with van der Waals surface area (Å²) >= 11 is 0. The number of urea groups is 1. The summed E-state index contributed by atoms with van der Waals surface area (Å²) in [7, 11) is 1.87. The molecule has 2 amide bonds. The zero-order chi connectivity index (χ0) is 15.5. The molecule has 22 heavy (non-hydrogen) atoms. The highest BCUT2D eigenvalue weighted by atomic mass is 16.5. The molecule has 1 aromatic rings. The summed E-state index contributed by atoms with van der Waals surface area (Å²) in [5.74, 6) is 1.63. The third-order valence-corrected chi connectivity index (χ3v) is 4.80. The van der Waals surface area contributed by atoms with E-state index in [0.29, 0.717) is 5.92 Å². The minimum absolute atomic E-state index is 0.00286. The van der Waals surface area contributed by atoms with E-state index in [2.05, 4.69) is 14.9 Å². The van der Waals surface area contributed by atoms with Crippen molar-refractivity contribution in [2.24, 2.45) is 5.92 Å². The number of carbonyl (C=O) groups excluding carboxylic acids is 1. The molecule has 3 rings (SSSR count). The lowest BCUT2D eigenvalue weighted by Gasteiger charge is -2.29. The Kier molecular flexibility index (Phi) is 4.66. The van der Waals surface area contributed by atoms with Gasteiger partial charge in [-0.1, -0.05) is 0 Å². The minimum Gasteiger partial charge on any atom is -0.376 e. The molecule has 1 N–H and O–H groups in total. The van der Waals surface area contributed by atoms with Crippen LogP contribution in [0.15, 0.2) is 12.4 Å². The standard InChI is InChI=1S/C16H26N4O2/c1-12(14-4-3-9-22-14)18-16(21)19(2)11-13-5-7-20-8-6-17-15(20)10-13/h6,8,12-14H,3-5,7,9-11H2,1-2H3,(H,18,21)/t12-,13+,14+/m0/s1. The van der Waals surface area contributed by atoms with E-state index in [1.54, 1.807) is 4.90 Å². The third kappa shape index (κ3) is 3.43. The number of hydrogen-bond acceptors (Lipinski definition) is 3. The normalized spacial score (nSPS) is 25.5. The number of carbonyl (C=O) groups is 1. The lowest BCUT2D eigenvalue weighted by Crippen LogP contribution is -2.48. The molecule has 1 saturated heterocycles. The van der Waals surface area contributed by atoms with Crippen LogP contribution in [0.3, 0.4) is 0 Å². The van der Waals surface area contributed by atoms with Crippen molar-refractivity contribution in [3.63, 3.8) is 0 Å². The van der Waals surface area contributed by atoms with Crippen molar-refractivity contribution in [2.45, 2.75) is 51.3 Å². The molecule has 0 spiro atoms. The Morgan fingerprint density at radius 1 is 1.59 bits per heavy atom. The SMILES string of the molecule is C[C@H](NC(=O)N(C)C[C@@H]1CCn2ccnc2C1)[C@H]1CCCO1. The lowest BCUT2D eigenvalue weighted by molar-refractivity contribution is 0.0834. The predicted molar refractivity (Wildman–Crippen MR) is 83.6 cm³/mol. The van der Waals surface area contributed by atoms with Crippen LogP contribution in [-0.2, 0) is 17.7 Å². The van der Waals surface area contributed by atoms with Crippen molar-refractivity contribution in [3.05, 3.63) is 18.2 Å². The molecule has 122 valence electrons. The van der Waals surface area contributed by atoms with E-state index < -0.39 is 0 Å². The molecule has 0 unspecified atom stereocenters. The van der Waals surface area contributed by atoms with Gasteiger partial charge in [0.1, 0.15) is 5.82 Å². The van der Waals surface area contributed by atoms with Crippen LogP contribution in [0.25, 0.3) is 0 Å². The first-order chi connectivity index (χ1) is 10.6. The van der Waals surface area contributed by atoms with Gasteiger partial charge < -0.3 is 19.5 Å². The van der Waals surface area contributed by atoms with Crippen LogP contribution in [0.4, 0.5) is 4.79 Å². The van der Waals surface area contributed by atoms with E-state index in [0.717, 1.165) is 51.2 Å². The fourth-order valence-electron chi connectivity index (χ4n) is 3.44. The van der Waals surface area contributed by atoms with Crippen LogP contribution in [0.2, 0.25) is 0 Å². The molecule has 6 nitrogen and oxygen atoms in total. The monoisotopic (exact) mass is 306 g/mol. The molecule has 6 heteroatoms. The van der Waals surface area contributed by atoms with Crippen molar-refractivity contribution in [2.75, 3.05) is 20.2 Å². The van der Waals surface area contributed by atoms with Crippen molar-refractivity contribution >= 4 is 6.03 Å². The van der Waals surface area contributed by atoms with Gasteiger partial charge in [-0.25, -0.2) is 9.78 Å². The number of amides is 2. The number of imidazole rings is 1. The number of aromatic nitrogens is 2. The molecule has 1 fully saturated rings. The highest BCUT2D eigenvalue weighted by molar-refractivity contribution is 5.74. The largest absolute Gasteiger partial charge is 0.376 e. The molecule has 0 bridgehead atoms. The molecule has 0 radical (unpaired) electrons. The Hall–Kier alpha value is -1.56. The molecule has 2 aliphatic heterocycles. The van der Waals surface area contributed by atoms with Crippen molar-refractivity contribution in [3.8, 4) is 0 Å². The summed E-state index contributed by atoms with van der Waals surface area (Å²) in [6.07, 6.45) is 8.24. The van der Waals surface area contributed by atoms with Gasteiger partial charge in [0.2, 0.25) is 0 Å². The van der Waals surface area contributed by atoms with E-state index >= 15 is 0 Å². The summed E-state index contributed by atoms with van der Waals surface area (Å²) in [5.41, 5.74) is 0. The molecule has 0 aliphatic carbocycles. The van der Waals surface area contributed by atoms with Crippen LogP contribution >= 0.6 is 0 Å². The molecule has 0 aromatic carbocycles. The van der Waals surface area contributed by atoms with Gasteiger partial charge >= 0.3 is 6.03 Å². The molecular formula is C16H26N4O2. The van der Waals surface area contributed by atoms with Crippen molar-refractivity contribution in [1.29, 1.82) is 0 Å². The van der Waals surface area contributed by atoms with Gasteiger partial charge in [-0.3, -0.25) is 0 Å². The molecule has 3 heterocycles. The average Bonchev–Trinajstić information content (AvgIpc) is 3.18. The first-order valence-electron chi connectivity index (χ1n) is 8.26. The van der Waals surface area contributed by atoms with Gasteiger partial charge in [0.25, 0.3) is 0 Å². The van der Waals surface area contributed by atoms with Crippen LogP contribution < -0.4 is 5.32 Å². The third-order valence-electron chi connectivity index (χ3n) is 4.80. The smallest absolute Gasteiger partial charge is 0.317 e. The number of rotatable bonds is 4. The van der Waals surface area contributed by atoms with E-state index in [1.807, 2.05) is 26.4 Å². The van der Waals surface area contributed by atoms with E-state index in [4.69, 9.17) is 4.74 Å². The van der Waals surface area contributed by atoms with Gasteiger partial charge in [0, 0.05) is 45.6 Å². The van der Waals surface area contributed by atoms with Gasteiger partial charge in [0.15, 0.2) is 0 Å². The topological polar surface area (TPSA) is 59.4 Å². The Morgan fingerprint density at radius 3 is 3.23 bits per heavy atom. The zero-order valence-electron chi connectivity index (χ0n) is 13.5. The first-order valence-corrected chi connectivity index (χ1v) is 8.26. The molecule has 2 aliphatic rings. The maximum atomic E-state index is 12.3. The van der Waals surface area contributed by atoms with Crippen LogP contribution in [-0.4, -0.2) is 52.8 Å². The first kappa shape index (κ1) is 15.3. The minimum atomic E-state index is -0.00286. The van der Waals surface area contributed by atoms with Crippen molar-refractivity contribution < 1.29 is 9.53 Å². The van der Waals surface area contributed by atoms with Crippen LogP contribution in [0.5, 0.6) is 0 Å². The van der Waals surface area contributed by atoms with Gasteiger partial charge in [-0.05, 0) is 32.1 Å². The maximum Gasteiger partial charge on any atom is 0.317 e. The highest BCUT2D eigenvalue weighted by Gasteiger charge is 2.26. The molecule has 0 saturated carbocycles. The second-order valence-corrected chi connectivity index (χ2v) is 6.57. The maximum absolute atomic E-state index is 12.3. The van der Waals surface area contributed by atoms with E-state index in [9.17, 15) is 4.79 Å². The second-order valence-electron chi connectivity index (χ2n) is 6.57. The Labute approximate surface area is 131 Å². The summed E-state index contributed by atoms with van der Waals surface area (Å²) < 4.78 is 7.84. The Bertz CT molecular complexity index is 510. The number of nitrogens with zero attached hydrogens (tertiary/aromatic N) is 3. The number of aryl methyl sites for hydroxylation is 1. The number of hydrogen-bond donors (Lipinski definition) is 1. The zero-order valence-corrected chi connectivity index (χ0v) is 13.5. The highest BCUT2D eigenvalue weighted by Crippen LogP contribution is 2.20. The average molecular weight is 306 g/mol. The van der Waals surface area contributed by atoms with E-state index in [-0.39, 0.29) is 18.2 Å². The Balaban J connectivity index is 1.47. The van der Waals surface area contributed by atoms with Gasteiger partial charge in [-0.15, -0.1) is 0 Å². The van der Waals surface area contributed by atoms with Crippen LogP contribution in [0, 0.1) is 5.92 Å². The van der Waals surface area contributed by atoms with E-state index in [1.165, 1.54) is 0 Å². The summed E-state index contributed by atoms with van der Waals surface area (Å²) in [6.45, 7) is 4.62. The van der Waals surface area contributed by atoms with Crippen LogP contribution in [0.1, 0.15) is 32.0 Å². The molecular weight excluding hydrogens is 280 g/mol. The summed E-state index contributed by atoms with van der Waals surface area (Å²) in [5, 5.41) is 3.07. The summed E-state index contributed by atoms with van der Waals surface area (Å²) in [4.78, 5) is 18.5. The quantitative estimate of drug-likeness (QED) is 0.920. The lowest BCUT2D eigenvalue weighted by atomic mass is 9.97. The molecule has 1 aromatic heterocycles. The molecule has 3 atom stereocenters. The number of fused-ring (bicyclic) bond motifs is 1. The van der Waals surface area contributed by atoms with Crippen molar-refractivity contribution in [1.82, 2.24) is 19.8 Å². The fraction of sp³-hybridized carbons (Fsp3) is 0.750. The number of nitrogens with one attached hydrogen (secondary N) is 1. The van der Waals surface area contributed by atoms with Gasteiger partial charge in [0.05, 0.1) is 12.1 Å². The number of ether oxygens (including phenoxy) is 1. The predicted octanol–water partition coefficient (Wildman–Crippen LogP) is 1.65. The second kappa shape index (κ2) is 6.69.